The van der Waals surface area contributed by atoms with Crippen molar-refractivity contribution in [2.75, 3.05) is 36.9 Å². The first-order chi connectivity index (χ1) is 18.6. The Bertz CT molecular complexity index is 1780. The Morgan fingerprint density at radius 2 is 1.82 bits per heavy atom. The summed E-state index contributed by atoms with van der Waals surface area (Å²) in [5, 5.41) is 15.9. The Hall–Kier alpha value is -4.72. The number of nitrogens with zero attached hydrogens (tertiary/aromatic N) is 3. The molecule has 0 atom stereocenters. The first kappa shape index (κ1) is 25.9. The second-order valence-electron chi connectivity index (χ2n) is 8.62. The highest BCUT2D eigenvalue weighted by Gasteiger charge is 2.38. The lowest BCUT2D eigenvalue weighted by Gasteiger charge is -2.30. The fourth-order valence-corrected chi connectivity index (χ4v) is 4.56. The molecule has 0 bridgehead atoms. The summed E-state index contributed by atoms with van der Waals surface area (Å²) in [4.78, 5) is 31.5. The number of aromatic amines is 2. The number of H-pyrrole nitrogens is 2. The van der Waals surface area contributed by atoms with Gasteiger partial charge in [0.05, 0.1) is 36.1 Å². The quantitative estimate of drug-likeness (QED) is 0.194. The monoisotopic (exact) mass is 544 g/mol. The fraction of sp³-hybridized carbons (Fsp3) is 0.200. The highest BCUT2D eigenvalue weighted by molar-refractivity contribution is 6.17. The van der Waals surface area contributed by atoms with E-state index in [1.165, 1.54) is 6.07 Å². The summed E-state index contributed by atoms with van der Waals surface area (Å²) in [7, 11) is 0. The van der Waals surface area contributed by atoms with Gasteiger partial charge in [-0.1, -0.05) is 6.07 Å². The molecule has 5 N–H and O–H groups in total. The van der Waals surface area contributed by atoms with Gasteiger partial charge in [-0.3, -0.25) is 14.9 Å². The van der Waals surface area contributed by atoms with Crippen LogP contribution >= 0.6 is 0 Å². The van der Waals surface area contributed by atoms with E-state index in [2.05, 4.69) is 25.1 Å². The smallest absolute Gasteiger partial charge is 0.475 e. The van der Waals surface area contributed by atoms with Crippen molar-refractivity contribution in [1.82, 2.24) is 20.2 Å². The van der Waals surface area contributed by atoms with Gasteiger partial charge in [0.1, 0.15) is 17.0 Å². The number of nitrogens with one attached hydrogen (secondary N) is 2. The highest BCUT2D eigenvalue weighted by Crippen LogP contribution is 2.40. The normalized spacial score (nSPS) is 14.0. The van der Waals surface area contributed by atoms with Crippen LogP contribution in [-0.4, -0.2) is 63.7 Å². The number of alkyl halides is 3. The van der Waals surface area contributed by atoms with Gasteiger partial charge in [-0.2, -0.15) is 18.3 Å². The van der Waals surface area contributed by atoms with Gasteiger partial charge in [-0.15, -0.1) is 0 Å². The Balaban J connectivity index is 0.000000392. The molecule has 0 aliphatic carbocycles. The number of fused-ring (bicyclic) bond motifs is 4. The van der Waals surface area contributed by atoms with Gasteiger partial charge < -0.3 is 25.5 Å². The van der Waals surface area contributed by atoms with Crippen molar-refractivity contribution in [2.24, 2.45) is 0 Å². The number of hydrogen-bond acceptors (Lipinski definition) is 7. The fourth-order valence-electron chi connectivity index (χ4n) is 4.56. The van der Waals surface area contributed by atoms with E-state index in [0.29, 0.717) is 35.2 Å². The van der Waals surface area contributed by atoms with E-state index >= 15 is 0 Å². The number of aromatic nitrogens is 4. The third kappa shape index (κ3) is 4.69. The number of carbonyl (C=O) groups is 1. The number of nitrogen functional groups attached to an aromatic ring is 1. The van der Waals surface area contributed by atoms with Gasteiger partial charge in [0.2, 0.25) is 0 Å². The van der Waals surface area contributed by atoms with Crippen molar-refractivity contribution < 1.29 is 32.2 Å². The molecule has 0 amide bonds. The van der Waals surface area contributed by atoms with Crippen LogP contribution in [-0.2, 0) is 9.53 Å². The van der Waals surface area contributed by atoms with Crippen LogP contribution in [0.3, 0.4) is 0 Å². The number of halogens is 4. The number of carboxylic acids is 1. The number of aliphatic carboxylic acids is 1. The molecule has 2 aromatic carbocycles. The second-order valence-corrected chi connectivity index (χ2v) is 8.62. The van der Waals surface area contributed by atoms with E-state index in [-0.39, 0.29) is 11.2 Å². The van der Waals surface area contributed by atoms with E-state index in [0.717, 1.165) is 35.1 Å². The zero-order valence-electron chi connectivity index (χ0n) is 20.0. The van der Waals surface area contributed by atoms with Crippen LogP contribution in [0.1, 0.15) is 0 Å². The first-order valence-corrected chi connectivity index (χ1v) is 11.6. The number of rotatable bonds is 2. The molecule has 202 valence electrons. The predicted octanol–water partition coefficient (Wildman–Crippen LogP) is 3.81. The molecular formula is C25H20F4N6O4. The molecule has 4 heterocycles. The van der Waals surface area contributed by atoms with E-state index in [4.69, 9.17) is 20.4 Å². The van der Waals surface area contributed by atoms with E-state index < -0.39 is 23.5 Å². The molecule has 10 nitrogen and oxygen atoms in total. The molecule has 0 unspecified atom stereocenters. The topological polar surface area (TPSA) is 150 Å². The number of morpholine rings is 1. The highest BCUT2D eigenvalue weighted by atomic mass is 19.4. The van der Waals surface area contributed by atoms with Crippen LogP contribution in [0.15, 0.2) is 47.5 Å². The lowest BCUT2D eigenvalue weighted by Crippen LogP contribution is -2.36. The van der Waals surface area contributed by atoms with Crippen LogP contribution in [0.2, 0.25) is 0 Å². The number of ether oxygens (including phenoxy) is 1. The maximum Gasteiger partial charge on any atom is 0.490 e. The average molecular weight is 544 g/mol. The molecule has 3 aromatic heterocycles. The Morgan fingerprint density at radius 1 is 1.10 bits per heavy atom. The van der Waals surface area contributed by atoms with Crippen LogP contribution in [0.4, 0.5) is 28.9 Å². The molecule has 6 rings (SSSR count). The minimum Gasteiger partial charge on any atom is -0.475 e. The minimum absolute atomic E-state index is 0.0720. The number of carboxylic acid groups (broad SMARTS) is 1. The lowest BCUT2D eigenvalue weighted by molar-refractivity contribution is -0.192. The van der Waals surface area contributed by atoms with E-state index in [1.54, 1.807) is 18.5 Å². The van der Waals surface area contributed by atoms with Gasteiger partial charge in [0, 0.05) is 41.0 Å². The van der Waals surface area contributed by atoms with Crippen molar-refractivity contribution in [3.05, 3.63) is 58.9 Å². The number of nitrogens with two attached hydrogens (primary N) is 1. The van der Waals surface area contributed by atoms with Crippen molar-refractivity contribution in [1.29, 1.82) is 0 Å². The summed E-state index contributed by atoms with van der Waals surface area (Å²) in [6.45, 7) is 2.71. The lowest BCUT2D eigenvalue weighted by atomic mass is 9.94. The predicted molar refractivity (Wildman–Crippen MR) is 136 cm³/mol. The van der Waals surface area contributed by atoms with Crippen molar-refractivity contribution >= 4 is 50.1 Å². The standard InChI is InChI=1S/C23H19FN6O2.C2HF3O2/c24-16-4-3-12(15-11-27-29-21(15)16)18-14-10-17(30-6-8-32-9-7-30)22-13(2-1-5-26-22)20(14)28-23(31)19(18)25;3-2(4,5)1(6)7/h1-5,10-11H,6-9,25H2,(H,27,29)(H,28,31);(H,6,7). The SMILES string of the molecule is Nc1c(-c2ccc(F)c3[nH]ncc23)c2cc(N3CCOCC3)c3ncccc3c2[nH]c1=O.O=C(O)C(F)(F)F. The number of pyridine rings is 2. The van der Waals surface area contributed by atoms with Crippen molar-refractivity contribution in [2.45, 2.75) is 6.18 Å². The summed E-state index contributed by atoms with van der Waals surface area (Å²) in [5.74, 6) is -3.18. The Kier molecular flexibility index (Phi) is 6.56. The molecule has 39 heavy (non-hydrogen) atoms. The summed E-state index contributed by atoms with van der Waals surface area (Å²) < 4.78 is 51.6. The molecule has 1 saturated heterocycles. The molecule has 0 spiro atoms. The largest absolute Gasteiger partial charge is 0.490 e. The van der Waals surface area contributed by atoms with Gasteiger partial charge in [0.25, 0.3) is 5.56 Å². The third-order valence-electron chi connectivity index (χ3n) is 6.32. The Morgan fingerprint density at radius 3 is 2.51 bits per heavy atom. The zero-order valence-corrected chi connectivity index (χ0v) is 20.0. The summed E-state index contributed by atoms with van der Waals surface area (Å²) in [6, 6.07) is 8.77. The van der Waals surface area contributed by atoms with Crippen molar-refractivity contribution in [3.8, 4) is 11.1 Å². The molecule has 1 fully saturated rings. The summed E-state index contributed by atoms with van der Waals surface area (Å²) in [6.07, 6.45) is -1.80. The van der Waals surface area contributed by atoms with Gasteiger partial charge in [-0.25, -0.2) is 9.18 Å². The maximum absolute atomic E-state index is 14.3. The summed E-state index contributed by atoms with van der Waals surface area (Å²) >= 11 is 0. The molecule has 5 aromatic rings. The summed E-state index contributed by atoms with van der Waals surface area (Å²) in [5.41, 5.74) is 9.83. The number of hydrogen-bond donors (Lipinski definition) is 4. The van der Waals surface area contributed by atoms with Crippen molar-refractivity contribution in [3.63, 3.8) is 0 Å². The minimum atomic E-state index is -5.08. The second kappa shape index (κ2) is 9.87. The number of benzene rings is 2. The van der Waals surface area contributed by atoms with Crippen LogP contribution in [0, 0.1) is 5.82 Å². The van der Waals surface area contributed by atoms with E-state index in [1.807, 2.05) is 18.2 Å². The van der Waals surface area contributed by atoms with Gasteiger partial charge in [0.15, 0.2) is 0 Å². The first-order valence-electron chi connectivity index (χ1n) is 11.6. The van der Waals surface area contributed by atoms with E-state index in [9.17, 15) is 22.4 Å². The molecule has 0 saturated carbocycles. The molecular weight excluding hydrogens is 524 g/mol. The van der Waals surface area contributed by atoms with Crippen LogP contribution in [0.5, 0.6) is 0 Å². The molecule has 0 radical (unpaired) electrons. The molecule has 14 heteroatoms. The zero-order chi connectivity index (χ0) is 27.9. The average Bonchev–Trinajstić information content (AvgIpc) is 3.42. The maximum atomic E-state index is 14.3. The Labute approximate surface area is 216 Å². The van der Waals surface area contributed by atoms with Crippen LogP contribution in [0.25, 0.3) is 43.8 Å². The van der Waals surface area contributed by atoms with Gasteiger partial charge >= 0.3 is 12.1 Å². The third-order valence-corrected chi connectivity index (χ3v) is 6.32. The van der Waals surface area contributed by atoms with Gasteiger partial charge in [-0.05, 0) is 29.8 Å². The molecule has 1 aliphatic heterocycles. The number of anilines is 2. The van der Waals surface area contributed by atoms with Crippen LogP contribution < -0.4 is 16.2 Å². The molecule has 1 aliphatic rings.